The van der Waals surface area contributed by atoms with E-state index in [9.17, 15) is 9.90 Å². The zero-order valence-corrected chi connectivity index (χ0v) is 23.6. The number of hydrogen-bond donors (Lipinski definition) is 4. The smallest absolute Gasteiger partial charge is 0.238 e. The van der Waals surface area contributed by atoms with Crippen LogP contribution in [0.2, 0.25) is 0 Å². The molecule has 0 atom stereocenters. The summed E-state index contributed by atoms with van der Waals surface area (Å²) in [5.41, 5.74) is 16.5. The molecule has 2 heterocycles. The van der Waals surface area contributed by atoms with Crippen molar-refractivity contribution in [3.05, 3.63) is 90.6 Å². The van der Waals surface area contributed by atoms with Gasteiger partial charge in [-0.15, -0.1) is 22.7 Å². The molecular weight excluding hydrogens is 539 g/mol. The standard InChI is InChI=1S/C31H29N5O2S2/c1-30(38)17-31(33,18-30)22-11-7-19(8-12-22)26-27(20-5-3-2-4-6-20)40-29(36-26)24-16-34-28(39-24)21-9-13-23(14-10-21)35-25(37)15-32/h2-14,16,38H,15,17-18,32-33H2,1H3,(H,35,37)/t30-,31-. The molecule has 0 saturated heterocycles. The number of rotatable bonds is 7. The van der Waals surface area contributed by atoms with E-state index in [1.807, 2.05) is 55.6 Å². The normalized spacial score (nSPS) is 20.2. The van der Waals surface area contributed by atoms with Gasteiger partial charge in [0, 0.05) is 28.6 Å². The van der Waals surface area contributed by atoms with E-state index in [-0.39, 0.29) is 12.5 Å². The van der Waals surface area contributed by atoms with Gasteiger partial charge in [-0.25, -0.2) is 9.97 Å². The Labute approximate surface area is 240 Å². The Morgan fingerprint density at radius 1 is 0.925 bits per heavy atom. The van der Waals surface area contributed by atoms with Crippen molar-refractivity contribution in [3.8, 4) is 42.2 Å². The minimum Gasteiger partial charge on any atom is -0.390 e. The van der Waals surface area contributed by atoms with E-state index in [4.69, 9.17) is 16.5 Å². The lowest BCUT2D eigenvalue weighted by molar-refractivity contribution is -0.114. The molecule has 40 heavy (non-hydrogen) atoms. The maximum absolute atomic E-state index is 11.6. The van der Waals surface area contributed by atoms with E-state index in [1.54, 1.807) is 22.7 Å². The van der Waals surface area contributed by atoms with Gasteiger partial charge in [-0.05, 0) is 55.2 Å². The number of nitrogens with one attached hydrogen (secondary N) is 1. The number of aliphatic hydroxyl groups is 1. The highest BCUT2D eigenvalue weighted by Gasteiger charge is 2.49. The molecule has 0 spiro atoms. The molecule has 3 aromatic carbocycles. The molecule has 6 N–H and O–H groups in total. The summed E-state index contributed by atoms with van der Waals surface area (Å²) >= 11 is 3.23. The molecule has 9 heteroatoms. The van der Waals surface area contributed by atoms with Crippen LogP contribution in [0.3, 0.4) is 0 Å². The highest BCUT2D eigenvalue weighted by Crippen LogP contribution is 2.47. The summed E-state index contributed by atoms with van der Waals surface area (Å²) in [6.45, 7) is 1.78. The molecular formula is C31H29N5O2S2. The van der Waals surface area contributed by atoms with Gasteiger partial charge in [0.15, 0.2) is 0 Å². The minimum atomic E-state index is -0.701. The number of hydrogen-bond acceptors (Lipinski definition) is 8. The van der Waals surface area contributed by atoms with Crippen LogP contribution in [0.1, 0.15) is 25.3 Å². The summed E-state index contributed by atoms with van der Waals surface area (Å²) in [7, 11) is 0. The minimum absolute atomic E-state index is 0.0560. The van der Waals surface area contributed by atoms with Gasteiger partial charge < -0.3 is 21.9 Å². The van der Waals surface area contributed by atoms with E-state index in [2.05, 4.69) is 46.7 Å². The first-order chi connectivity index (χ1) is 19.2. The molecule has 5 aromatic rings. The van der Waals surface area contributed by atoms with Crippen LogP contribution in [0.5, 0.6) is 0 Å². The fourth-order valence-corrected chi connectivity index (χ4v) is 7.35. The second kappa shape index (κ2) is 10.3. The van der Waals surface area contributed by atoms with Crippen molar-refractivity contribution >= 4 is 34.3 Å². The SMILES string of the molecule is C[C@]1(O)C[C@@](N)(c2ccc(-c3nc(-c4cnc(-c5ccc(NC(=O)CN)cc5)s4)sc3-c3ccccc3)cc2)C1. The molecule has 0 aliphatic heterocycles. The Balaban J connectivity index is 1.31. The summed E-state index contributed by atoms with van der Waals surface area (Å²) in [6.07, 6.45) is 2.97. The Hall–Kier alpha value is -3.73. The number of thiazole rings is 2. The first-order valence-electron chi connectivity index (χ1n) is 13.0. The summed E-state index contributed by atoms with van der Waals surface area (Å²) in [5, 5.41) is 14.8. The number of nitrogens with zero attached hydrogens (tertiary/aromatic N) is 2. The third kappa shape index (κ3) is 5.22. The number of nitrogens with two attached hydrogens (primary N) is 2. The lowest BCUT2D eigenvalue weighted by atomic mass is 9.63. The third-order valence-electron chi connectivity index (χ3n) is 7.11. The molecule has 2 aromatic heterocycles. The Morgan fingerprint density at radius 2 is 1.60 bits per heavy atom. The molecule has 0 radical (unpaired) electrons. The van der Waals surface area contributed by atoms with Crippen LogP contribution in [-0.2, 0) is 10.3 Å². The van der Waals surface area contributed by atoms with Gasteiger partial charge in [-0.2, -0.15) is 0 Å². The average molecular weight is 568 g/mol. The van der Waals surface area contributed by atoms with Crippen molar-refractivity contribution in [2.45, 2.75) is 30.9 Å². The zero-order chi connectivity index (χ0) is 27.9. The quantitative estimate of drug-likeness (QED) is 0.195. The van der Waals surface area contributed by atoms with Crippen molar-refractivity contribution in [3.63, 3.8) is 0 Å². The van der Waals surface area contributed by atoms with E-state index in [0.717, 1.165) is 47.7 Å². The zero-order valence-electron chi connectivity index (χ0n) is 21.9. The molecule has 1 amide bonds. The number of carbonyl (C=O) groups is 1. The number of carbonyl (C=O) groups excluding carboxylic acids is 1. The molecule has 6 rings (SSSR count). The number of aromatic nitrogens is 2. The van der Waals surface area contributed by atoms with Gasteiger partial charge in [0.1, 0.15) is 10.0 Å². The molecule has 1 saturated carbocycles. The monoisotopic (exact) mass is 567 g/mol. The Bertz CT molecular complexity index is 1650. The Morgan fingerprint density at radius 3 is 2.25 bits per heavy atom. The Kier molecular flexibility index (Phi) is 6.85. The van der Waals surface area contributed by atoms with E-state index < -0.39 is 11.1 Å². The van der Waals surface area contributed by atoms with Crippen LogP contribution in [0, 0.1) is 0 Å². The van der Waals surface area contributed by atoms with Gasteiger partial charge >= 0.3 is 0 Å². The van der Waals surface area contributed by atoms with Gasteiger partial charge in [0.2, 0.25) is 5.91 Å². The highest BCUT2D eigenvalue weighted by molar-refractivity contribution is 7.25. The van der Waals surface area contributed by atoms with Gasteiger partial charge in [-0.3, -0.25) is 4.79 Å². The summed E-state index contributed by atoms with van der Waals surface area (Å²) < 4.78 is 0. The topological polar surface area (TPSA) is 127 Å². The molecule has 1 fully saturated rings. The lowest BCUT2D eigenvalue weighted by Gasteiger charge is -2.49. The average Bonchev–Trinajstić information content (AvgIpc) is 3.61. The first-order valence-corrected chi connectivity index (χ1v) is 14.6. The first kappa shape index (κ1) is 26.5. The largest absolute Gasteiger partial charge is 0.390 e. The molecule has 1 aliphatic carbocycles. The van der Waals surface area contributed by atoms with Crippen molar-refractivity contribution in [2.24, 2.45) is 11.5 Å². The second-order valence-corrected chi connectivity index (χ2v) is 12.5. The number of anilines is 1. The van der Waals surface area contributed by atoms with Crippen LogP contribution in [0.15, 0.2) is 85.1 Å². The van der Waals surface area contributed by atoms with Crippen LogP contribution >= 0.6 is 22.7 Å². The highest BCUT2D eigenvalue weighted by atomic mass is 32.1. The predicted molar refractivity (Wildman–Crippen MR) is 163 cm³/mol. The maximum atomic E-state index is 11.6. The van der Waals surface area contributed by atoms with Gasteiger partial charge in [0.25, 0.3) is 0 Å². The van der Waals surface area contributed by atoms with Crippen molar-refractivity contribution in [2.75, 3.05) is 11.9 Å². The van der Waals surface area contributed by atoms with Crippen LogP contribution in [0.4, 0.5) is 5.69 Å². The number of benzene rings is 3. The molecule has 1 aliphatic rings. The van der Waals surface area contributed by atoms with Gasteiger partial charge in [-0.1, -0.05) is 54.6 Å². The fraction of sp³-hybridized carbons (Fsp3) is 0.194. The molecule has 0 unspecified atom stereocenters. The molecule has 7 nitrogen and oxygen atoms in total. The number of amides is 1. The molecule has 202 valence electrons. The molecule has 0 bridgehead atoms. The third-order valence-corrected chi connectivity index (χ3v) is 9.43. The second-order valence-electron chi connectivity index (χ2n) is 10.5. The fourth-order valence-electron chi connectivity index (χ4n) is 5.29. The summed E-state index contributed by atoms with van der Waals surface area (Å²) in [4.78, 5) is 23.4. The van der Waals surface area contributed by atoms with E-state index in [0.29, 0.717) is 18.5 Å². The van der Waals surface area contributed by atoms with Crippen molar-refractivity contribution < 1.29 is 9.90 Å². The van der Waals surface area contributed by atoms with E-state index >= 15 is 0 Å². The lowest BCUT2D eigenvalue weighted by Crippen LogP contribution is -2.58. The van der Waals surface area contributed by atoms with Crippen LogP contribution in [0.25, 0.3) is 42.2 Å². The van der Waals surface area contributed by atoms with Crippen molar-refractivity contribution in [1.82, 2.24) is 9.97 Å². The van der Waals surface area contributed by atoms with E-state index in [1.165, 1.54) is 0 Å². The maximum Gasteiger partial charge on any atom is 0.238 e. The van der Waals surface area contributed by atoms with Crippen LogP contribution in [-0.4, -0.2) is 33.1 Å². The predicted octanol–water partition coefficient (Wildman–Crippen LogP) is 5.86. The summed E-state index contributed by atoms with van der Waals surface area (Å²) in [6, 6.07) is 26.1. The summed E-state index contributed by atoms with van der Waals surface area (Å²) in [5.74, 6) is -0.230. The van der Waals surface area contributed by atoms with Gasteiger partial charge in [0.05, 0.1) is 27.6 Å². The van der Waals surface area contributed by atoms with Crippen molar-refractivity contribution in [1.29, 1.82) is 0 Å². The van der Waals surface area contributed by atoms with Crippen LogP contribution < -0.4 is 16.8 Å².